The Morgan fingerprint density at radius 2 is 1.60 bits per heavy atom. The first kappa shape index (κ1) is 19.5. The molecule has 25 heavy (non-hydrogen) atoms. The van der Waals surface area contributed by atoms with Crippen LogP contribution in [-0.2, 0) is 22.1 Å². The van der Waals surface area contributed by atoms with Crippen LogP contribution < -0.4 is 0 Å². The van der Waals surface area contributed by atoms with Crippen LogP contribution in [0.5, 0.6) is 5.75 Å². The van der Waals surface area contributed by atoms with Crippen molar-refractivity contribution in [2.24, 2.45) is 0 Å². The van der Waals surface area contributed by atoms with E-state index in [1.165, 1.54) is 0 Å². The third-order valence-corrected chi connectivity index (χ3v) is 4.33. The lowest BCUT2D eigenvalue weighted by Crippen LogP contribution is -2.17. The molecule has 0 fully saturated rings. The Morgan fingerprint density at radius 3 is 2.08 bits per heavy atom. The average Bonchev–Trinajstić information content (AvgIpc) is 2.94. The Balaban J connectivity index is 2.48. The third kappa shape index (κ3) is 4.63. The SMILES string of the molecule is CCOCCn1ccc(-c2cc(C(C)(C)C)c(O)c(C(C)(C)C)c2)n1. The maximum absolute atomic E-state index is 10.8. The molecule has 1 N–H and O–H groups in total. The summed E-state index contributed by atoms with van der Waals surface area (Å²) in [4.78, 5) is 0. The molecule has 1 aromatic heterocycles. The first-order valence-corrected chi connectivity index (χ1v) is 9.03. The van der Waals surface area contributed by atoms with Crippen LogP contribution in [-0.4, -0.2) is 28.1 Å². The van der Waals surface area contributed by atoms with Crippen molar-refractivity contribution in [3.05, 3.63) is 35.5 Å². The summed E-state index contributed by atoms with van der Waals surface area (Å²) in [6.45, 7) is 16.9. The Morgan fingerprint density at radius 1 is 1.04 bits per heavy atom. The summed E-state index contributed by atoms with van der Waals surface area (Å²) in [5.41, 5.74) is 3.60. The molecule has 0 aliphatic carbocycles. The van der Waals surface area contributed by atoms with Gasteiger partial charge in [0.25, 0.3) is 0 Å². The van der Waals surface area contributed by atoms with Gasteiger partial charge in [0.05, 0.1) is 18.8 Å². The average molecular weight is 344 g/mol. The van der Waals surface area contributed by atoms with Crippen LogP contribution in [0.1, 0.15) is 59.6 Å². The van der Waals surface area contributed by atoms with E-state index < -0.39 is 0 Å². The molecule has 2 rings (SSSR count). The van der Waals surface area contributed by atoms with Gasteiger partial charge in [-0.05, 0) is 36.0 Å². The van der Waals surface area contributed by atoms with Gasteiger partial charge in [0.15, 0.2) is 0 Å². The summed E-state index contributed by atoms with van der Waals surface area (Å²) in [7, 11) is 0. The highest BCUT2D eigenvalue weighted by atomic mass is 16.5. The van der Waals surface area contributed by atoms with Gasteiger partial charge < -0.3 is 9.84 Å². The Hall–Kier alpha value is -1.81. The fourth-order valence-electron chi connectivity index (χ4n) is 2.87. The number of hydrogen-bond acceptors (Lipinski definition) is 3. The zero-order valence-corrected chi connectivity index (χ0v) is 16.7. The molecule has 0 aliphatic rings. The van der Waals surface area contributed by atoms with E-state index in [1.807, 2.05) is 23.9 Å². The molecule has 1 aromatic carbocycles. The van der Waals surface area contributed by atoms with E-state index in [9.17, 15) is 5.11 Å². The normalized spacial score (nSPS) is 12.6. The number of phenolic OH excluding ortho intramolecular Hbond substituents is 1. The molecule has 0 atom stereocenters. The van der Waals surface area contributed by atoms with Crippen LogP contribution in [0.25, 0.3) is 11.3 Å². The standard InChI is InChI=1S/C21H32N2O2/c1-8-25-12-11-23-10-9-18(22-23)15-13-16(20(2,3)4)19(24)17(14-15)21(5,6)7/h9-10,13-14,24H,8,11-12H2,1-7H3. The molecule has 0 radical (unpaired) electrons. The summed E-state index contributed by atoms with van der Waals surface area (Å²) in [6, 6.07) is 6.16. The van der Waals surface area contributed by atoms with Crippen LogP contribution in [0.15, 0.2) is 24.4 Å². The first-order chi connectivity index (χ1) is 11.5. The molecule has 0 unspecified atom stereocenters. The van der Waals surface area contributed by atoms with E-state index in [-0.39, 0.29) is 10.8 Å². The van der Waals surface area contributed by atoms with Crippen LogP contribution >= 0.6 is 0 Å². The van der Waals surface area contributed by atoms with E-state index in [4.69, 9.17) is 4.74 Å². The number of benzene rings is 1. The van der Waals surface area contributed by atoms with E-state index in [1.54, 1.807) is 0 Å². The highest BCUT2D eigenvalue weighted by Crippen LogP contribution is 2.41. The van der Waals surface area contributed by atoms with Gasteiger partial charge in [-0.25, -0.2) is 0 Å². The van der Waals surface area contributed by atoms with Crippen molar-refractivity contribution in [2.75, 3.05) is 13.2 Å². The maximum Gasteiger partial charge on any atom is 0.123 e. The number of hydrogen-bond donors (Lipinski definition) is 1. The van der Waals surface area contributed by atoms with Crippen LogP contribution in [0, 0.1) is 0 Å². The lowest BCUT2D eigenvalue weighted by atomic mass is 9.78. The summed E-state index contributed by atoms with van der Waals surface area (Å²) < 4.78 is 7.31. The molecule has 1 heterocycles. The van der Waals surface area contributed by atoms with Crippen LogP contribution in [0.2, 0.25) is 0 Å². The minimum absolute atomic E-state index is 0.141. The lowest BCUT2D eigenvalue weighted by Gasteiger charge is -2.28. The van der Waals surface area contributed by atoms with Crippen LogP contribution in [0.4, 0.5) is 0 Å². The Kier molecular flexibility index (Phi) is 5.62. The van der Waals surface area contributed by atoms with Gasteiger partial charge in [0, 0.05) is 29.5 Å². The maximum atomic E-state index is 10.8. The molecule has 0 bridgehead atoms. The van der Waals surface area contributed by atoms with Crippen molar-refractivity contribution in [3.8, 4) is 17.0 Å². The highest BCUT2D eigenvalue weighted by Gasteiger charge is 2.27. The summed E-state index contributed by atoms with van der Waals surface area (Å²) in [6.07, 6.45) is 1.98. The zero-order chi connectivity index (χ0) is 18.8. The monoisotopic (exact) mass is 344 g/mol. The van der Waals surface area contributed by atoms with Crippen molar-refractivity contribution in [1.82, 2.24) is 9.78 Å². The van der Waals surface area contributed by atoms with Gasteiger partial charge in [0.1, 0.15) is 5.75 Å². The predicted octanol–water partition coefficient (Wildman–Crippen LogP) is 4.89. The molecule has 4 nitrogen and oxygen atoms in total. The van der Waals surface area contributed by atoms with Gasteiger partial charge >= 0.3 is 0 Å². The Bertz CT molecular complexity index is 683. The minimum atomic E-state index is -0.141. The van der Waals surface area contributed by atoms with Crippen molar-refractivity contribution in [2.45, 2.75) is 65.8 Å². The van der Waals surface area contributed by atoms with Crippen molar-refractivity contribution in [3.63, 3.8) is 0 Å². The lowest BCUT2D eigenvalue weighted by molar-refractivity contribution is 0.136. The number of phenols is 1. The van der Waals surface area contributed by atoms with Crippen molar-refractivity contribution < 1.29 is 9.84 Å². The van der Waals surface area contributed by atoms with Crippen LogP contribution in [0.3, 0.4) is 0 Å². The fourth-order valence-corrected chi connectivity index (χ4v) is 2.87. The molecule has 0 saturated heterocycles. The molecule has 2 aromatic rings. The summed E-state index contributed by atoms with van der Waals surface area (Å²) in [5, 5.41) is 15.5. The van der Waals surface area contributed by atoms with E-state index in [2.05, 4.69) is 58.8 Å². The molecule has 4 heteroatoms. The van der Waals surface area contributed by atoms with E-state index in [0.717, 1.165) is 35.5 Å². The Labute approximate surface area is 151 Å². The number of nitrogens with zero attached hydrogens (tertiary/aromatic N) is 2. The molecule has 0 saturated carbocycles. The highest BCUT2D eigenvalue weighted by molar-refractivity contribution is 5.66. The summed E-state index contributed by atoms with van der Waals surface area (Å²) in [5.74, 6) is 0.402. The van der Waals surface area contributed by atoms with Gasteiger partial charge in [-0.15, -0.1) is 0 Å². The number of rotatable bonds is 5. The van der Waals surface area contributed by atoms with E-state index in [0.29, 0.717) is 12.4 Å². The second-order valence-electron chi connectivity index (χ2n) is 8.58. The molecule has 138 valence electrons. The third-order valence-electron chi connectivity index (χ3n) is 4.33. The topological polar surface area (TPSA) is 47.3 Å². The van der Waals surface area contributed by atoms with E-state index >= 15 is 0 Å². The molecular weight excluding hydrogens is 312 g/mol. The number of aromatic nitrogens is 2. The van der Waals surface area contributed by atoms with Gasteiger partial charge in [-0.1, -0.05) is 41.5 Å². The van der Waals surface area contributed by atoms with Crippen molar-refractivity contribution in [1.29, 1.82) is 0 Å². The minimum Gasteiger partial charge on any atom is -0.507 e. The molecule has 0 amide bonds. The molecule has 0 aliphatic heterocycles. The smallest absolute Gasteiger partial charge is 0.123 e. The fraction of sp³-hybridized carbons (Fsp3) is 0.571. The summed E-state index contributed by atoms with van der Waals surface area (Å²) >= 11 is 0. The van der Waals surface area contributed by atoms with Gasteiger partial charge in [0.2, 0.25) is 0 Å². The quantitative estimate of drug-likeness (QED) is 0.786. The second kappa shape index (κ2) is 7.20. The molecular formula is C21H32N2O2. The zero-order valence-electron chi connectivity index (χ0n) is 16.7. The van der Waals surface area contributed by atoms with Crippen molar-refractivity contribution >= 4 is 0 Å². The number of aromatic hydroxyl groups is 1. The second-order valence-corrected chi connectivity index (χ2v) is 8.58. The van der Waals surface area contributed by atoms with Gasteiger partial charge in [-0.2, -0.15) is 5.10 Å². The predicted molar refractivity (Wildman–Crippen MR) is 103 cm³/mol. The molecule has 0 spiro atoms. The van der Waals surface area contributed by atoms with Gasteiger partial charge in [-0.3, -0.25) is 4.68 Å². The first-order valence-electron chi connectivity index (χ1n) is 9.03. The number of ether oxygens (including phenoxy) is 1. The largest absolute Gasteiger partial charge is 0.507 e.